The van der Waals surface area contributed by atoms with Crippen molar-refractivity contribution in [3.8, 4) is 0 Å². The highest BCUT2D eigenvalue weighted by atomic mass is 28.3. The summed E-state index contributed by atoms with van der Waals surface area (Å²) in [5.74, 6) is 0.412. The first-order valence-electron chi connectivity index (χ1n) is 8.62. The summed E-state index contributed by atoms with van der Waals surface area (Å²) in [6.07, 6.45) is 0. The molecule has 1 aromatic heterocycles. The van der Waals surface area contributed by atoms with Gasteiger partial charge in [0, 0.05) is 26.3 Å². The van der Waals surface area contributed by atoms with Crippen molar-refractivity contribution >= 4 is 8.07 Å². The third kappa shape index (κ3) is 7.60. The van der Waals surface area contributed by atoms with Crippen LogP contribution in [0.2, 0.25) is 25.7 Å². The molecule has 0 fully saturated rings. The summed E-state index contributed by atoms with van der Waals surface area (Å²) in [5, 5.41) is 0. The van der Waals surface area contributed by atoms with Gasteiger partial charge in [-0.05, 0) is 30.0 Å². The maximum atomic E-state index is 5.63. The Kier molecular flexibility index (Phi) is 7.43. The van der Waals surface area contributed by atoms with Crippen LogP contribution in [-0.4, -0.2) is 26.5 Å². The van der Waals surface area contributed by atoms with Crippen LogP contribution >= 0.6 is 0 Å². The molecule has 1 atom stereocenters. The smallest absolute Gasteiger partial charge is 0.147 e. The Balaban J connectivity index is 2.50. The lowest BCUT2D eigenvalue weighted by molar-refractivity contribution is -0.0582. The first-order chi connectivity index (χ1) is 10.5. The topological polar surface area (TPSA) is 31.4 Å². The van der Waals surface area contributed by atoms with Crippen molar-refractivity contribution in [2.24, 2.45) is 5.41 Å². The van der Waals surface area contributed by atoms with E-state index < -0.39 is 8.07 Å². The largest absolute Gasteiger partial charge is 0.356 e. The molecule has 0 aromatic carbocycles. The van der Waals surface area contributed by atoms with Crippen LogP contribution in [0.1, 0.15) is 50.6 Å². The molecule has 132 valence electrons. The Morgan fingerprint density at radius 1 is 1.13 bits per heavy atom. The third-order valence-corrected chi connectivity index (χ3v) is 6.02. The lowest BCUT2D eigenvalue weighted by Crippen LogP contribution is -2.22. The van der Waals surface area contributed by atoms with E-state index in [0.29, 0.717) is 19.3 Å². The van der Waals surface area contributed by atoms with E-state index in [1.54, 1.807) is 0 Å². The van der Waals surface area contributed by atoms with Crippen molar-refractivity contribution in [1.29, 1.82) is 0 Å². The zero-order valence-electron chi connectivity index (χ0n) is 16.3. The molecule has 0 aliphatic carbocycles. The van der Waals surface area contributed by atoms with Gasteiger partial charge in [-0.1, -0.05) is 53.4 Å². The second-order valence-electron chi connectivity index (χ2n) is 8.78. The summed E-state index contributed by atoms with van der Waals surface area (Å²) in [6.45, 7) is 19.9. The molecule has 4 heteroatoms. The van der Waals surface area contributed by atoms with Gasteiger partial charge in [-0.2, -0.15) is 0 Å². The average Bonchev–Trinajstić information content (AvgIpc) is 2.41. The zero-order chi connectivity index (χ0) is 17.7. The molecule has 23 heavy (non-hydrogen) atoms. The molecule has 1 rings (SSSR count). The van der Waals surface area contributed by atoms with Gasteiger partial charge in [0.05, 0.1) is 12.3 Å². The van der Waals surface area contributed by atoms with Gasteiger partial charge in [0.15, 0.2) is 0 Å². The molecule has 0 spiro atoms. The van der Waals surface area contributed by atoms with E-state index >= 15 is 0 Å². The van der Waals surface area contributed by atoms with Crippen LogP contribution < -0.4 is 0 Å². The van der Waals surface area contributed by atoms with E-state index in [1.807, 2.05) is 0 Å². The number of hydrogen-bond acceptors (Lipinski definition) is 3. The number of ether oxygens (including phenoxy) is 2. The molecule has 0 N–H and O–H groups in total. The van der Waals surface area contributed by atoms with Crippen molar-refractivity contribution in [2.45, 2.75) is 72.8 Å². The van der Waals surface area contributed by atoms with Crippen molar-refractivity contribution < 1.29 is 9.47 Å². The summed E-state index contributed by atoms with van der Waals surface area (Å²) in [5.41, 5.74) is 3.62. The van der Waals surface area contributed by atoms with Gasteiger partial charge < -0.3 is 9.47 Å². The Labute approximate surface area is 143 Å². The highest BCUT2D eigenvalue weighted by Gasteiger charge is 2.24. The van der Waals surface area contributed by atoms with Crippen LogP contribution in [0.3, 0.4) is 0 Å². The van der Waals surface area contributed by atoms with Gasteiger partial charge in [-0.3, -0.25) is 4.98 Å². The van der Waals surface area contributed by atoms with Gasteiger partial charge in [-0.25, -0.2) is 0 Å². The second-order valence-corrected chi connectivity index (χ2v) is 14.4. The molecule has 1 aromatic rings. The van der Waals surface area contributed by atoms with Crippen LogP contribution in [0.25, 0.3) is 0 Å². The van der Waals surface area contributed by atoms with Crippen LogP contribution in [0.5, 0.6) is 0 Å². The predicted octanol–water partition coefficient (Wildman–Crippen LogP) is 5.37. The number of rotatable bonds is 8. The highest BCUT2D eigenvalue weighted by Crippen LogP contribution is 2.34. The quantitative estimate of drug-likeness (QED) is 0.363. The average molecular weight is 338 g/mol. The molecule has 1 unspecified atom stereocenters. The van der Waals surface area contributed by atoms with Crippen LogP contribution in [-0.2, 0) is 16.1 Å². The van der Waals surface area contributed by atoms with Gasteiger partial charge in [-0.15, -0.1) is 0 Å². The minimum atomic E-state index is -1.02. The summed E-state index contributed by atoms with van der Waals surface area (Å²) in [6, 6.07) is 5.37. The predicted molar refractivity (Wildman–Crippen MR) is 101 cm³/mol. The van der Waals surface area contributed by atoms with E-state index in [-0.39, 0.29) is 5.41 Å². The van der Waals surface area contributed by atoms with Gasteiger partial charge in [0.2, 0.25) is 0 Å². The summed E-state index contributed by atoms with van der Waals surface area (Å²) in [4.78, 5) is 4.82. The van der Waals surface area contributed by atoms with Gasteiger partial charge in [0.1, 0.15) is 6.79 Å². The Morgan fingerprint density at radius 2 is 1.78 bits per heavy atom. The zero-order valence-corrected chi connectivity index (χ0v) is 17.3. The van der Waals surface area contributed by atoms with E-state index in [0.717, 1.165) is 12.3 Å². The lowest BCUT2D eigenvalue weighted by Gasteiger charge is -2.28. The molecular weight excluding hydrogens is 302 g/mol. The van der Waals surface area contributed by atoms with E-state index in [1.165, 1.54) is 17.3 Å². The first-order valence-corrected chi connectivity index (χ1v) is 12.3. The summed E-state index contributed by atoms with van der Waals surface area (Å²) < 4.78 is 11.2. The second kappa shape index (κ2) is 8.40. The first kappa shape index (κ1) is 20.3. The third-order valence-electron chi connectivity index (χ3n) is 4.32. The number of nitrogens with zero attached hydrogens (tertiary/aromatic N) is 1. The Hall–Kier alpha value is -0.713. The number of aryl methyl sites for hydroxylation is 1. The maximum absolute atomic E-state index is 5.63. The molecule has 1 heterocycles. The van der Waals surface area contributed by atoms with Crippen molar-refractivity contribution in [3.63, 3.8) is 0 Å². The van der Waals surface area contributed by atoms with E-state index in [9.17, 15) is 0 Å². The Morgan fingerprint density at radius 3 is 2.35 bits per heavy atom. The fraction of sp³-hybridized carbons (Fsp3) is 0.737. The van der Waals surface area contributed by atoms with Crippen molar-refractivity contribution in [2.75, 3.05) is 13.4 Å². The molecule has 3 nitrogen and oxygen atoms in total. The molecule has 0 amide bonds. The van der Waals surface area contributed by atoms with Crippen molar-refractivity contribution in [3.05, 3.63) is 29.1 Å². The fourth-order valence-electron chi connectivity index (χ4n) is 2.16. The summed E-state index contributed by atoms with van der Waals surface area (Å²) >= 11 is 0. The van der Waals surface area contributed by atoms with Gasteiger partial charge in [0.25, 0.3) is 0 Å². The Bertz CT molecular complexity index is 489. The highest BCUT2D eigenvalue weighted by molar-refractivity contribution is 6.76. The van der Waals surface area contributed by atoms with E-state index in [2.05, 4.69) is 66.4 Å². The molecular formula is C19H35NO2Si. The number of hydrogen-bond donors (Lipinski definition) is 0. The van der Waals surface area contributed by atoms with Crippen LogP contribution in [0.4, 0.5) is 0 Å². The minimum absolute atomic E-state index is 0.206. The molecule has 0 saturated heterocycles. The number of aromatic nitrogens is 1. The van der Waals surface area contributed by atoms with Crippen LogP contribution in [0.15, 0.2) is 12.1 Å². The summed E-state index contributed by atoms with van der Waals surface area (Å²) in [7, 11) is -1.02. The van der Waals surface area contributed by atoms with Gasteiger partial charge >= 0.3 is 0 Å². The monoisotopic (exact) mass is 337 g/mol. The van der Waals surface area contributed by atoms with Crippen molar-refractivity contribution in [1.82, 2.24) is 4.98 Å². The molecule has 0 aliphatic rings. The lowest BCUT2D eigenvalue weighted by atomic mass is 9.79. The number of pyridine rings is 1. The molecule has 0 radical (unpaired) electrons. The SMILES string of the molecule is Cc1ccc(COCOCC[Si](C)(C)C)nc1C(C)C(C)(C)C. The molecule has 0 bridgehead atoms. The standard InChI is InChI=1S/C19H35NO2Si/c1-15-9-10-17(20-18(15)16(2)19(3,4)5)13-22-14-21-11-12-23(6,7)8/h9-10,16H,11-14H2,1-8H3. The molecule has 0 saturated carbocycles. The minimum Gasteiger partial charge on any atom is -0.356 e. The van der Waals surface area contributed by atoms with E-state index in [4.69, 9.17) is 14.5 Å². The maximum Gasteiger partial charge on any atom is 0.147 e. The fourth-order valence-corrected chi connectivity index (χ4v) is 2.91. The van der Waals surface area contributed by atoms with Crippen LogP contribution in [0, 0.1) is 12.3 Å². The molecule has 0 aliphatic heterocycles. The normalized spacial score (nSPS) is 14.1.